The Bertz CT molecular complexity index is 2970. The first-order valence-electron chi connectivity index (χ1n) is 15.8. The van der Waals surface area contributed by atoms with E-state index in [1.807, 2.05) is 0 Å². The van der Waals surface area contributed by atoms with Crippen molar-refractivity contribution in [1.29, 1.82) is 0 Å². The Morgan fingerprint density at radius 2 is 0.913 bits per heavy atom. The molecule has 2 nitrogen and oxygen atoms in total. The molecular weight excluding hydrogens is 560 g/mol. The van der Waals surface area contributed by atoms with E-state index < -0.39 is 0 Å². The third-order valence-electron chi connectivity index (χ3n) is 9.99. The van der Waals surface area contributed by atoms with Crippen LogP contribution in [0.1, 0.15) is 0 Å². The standard InChI is InChI=1S/C44H24O2/c1-2-9-27-23-40-36(22-26(27)8-1)29-18-17-28(24-39(29)46-40)41-30-11-3-5-13-32(30)43(33-14-6-4-12-31(33)41)34-20-21-38-44-35(34)19-16-25-10-7-15-37(45-38)42(25)44/h1-24H. The second-order valence-corrected chi connectivity index (χ2v) is 12.4. The lowest BCUT2D eigenvalue weighted by Gasteiger charge is -2.18. The lowest BCUT2D eigenvalue weighted by atomic mass is 9.84. The summed E-state index contributed by atoms with van der Waals surface area (Å²) in [7, 11) is 0. The van der Waals surface area contributed by atoms with Crippen LogP contribution < -0.4 is 0 Å². The van der Waals surface area contributed by atoms with Gasteiger partial charge < -0.3 is 8.83 Å². The van der Waals surface area contributed by atoms with E-state index in [2.05, 4.69) is 146 Å². The molecule has 0 radical (unpaired) electrons. The Balaban J connectivity index is 1.22. The van der Waals surface area contributed by atoms with Crippen molar-refractivity contribution in [3.05, 3.63) is 146 Å². The first-order valence-corrected chi connectivity index (χ1v) is 15.8. The fourth-order valence-electron chi connectivity index (χ4n) is 8.01. The van der Waals surface area contributed by atoms with Gasteiger partial charge in [0.1, 0.15) is 22.3 Å². The summed E-state index contributed by atoms with van der Waals surface area (Å²) < 4.78 is 12.9. The SMILES string of the molecule is c1ccc2cc3c(cc2c1)oc1cc(-c2c4ccccc4c(-c4ccc5oc6cccc7ccc4c5c76)c4ccccc24)ccc13. The summed E-state index contributed by atoms with van der Waals surface area (Å²) in [5, 5.41) is 14.4. The van der Waals surface area contributed by atoms with Crippen molar-refractivity contribution in [2.45, 2.75) is 0 Å². The Morgan fingerprint density at radius 1 is 0.304 bits per heavy atom. The molecule has 0 aliphatic carbocycles. The van der Waals surface area contributed by atoms with E-state index in [0.29, 0.717) is 0 Å². The average molecular weight is 585 g/mol. The Kier molecular flexibility index (Phi) is 4.61. The van der Waals surface area contributed by atoms with Gasteiger partial charge in [-0.3, -0.25) is 0 Å². The zero-order chi connectivity index (χ0) is 29.9. The van der Waals surface area contributed by atoms with Gasteiger partial charge in [0.15, 0.2) is 0 Å². The second kappa shape index (κ2) is 8.74. The summed E-state index contributed by atoms with van der Waals surface area (Å²) >= 11 is 0. The molecule has 0 unspecified atom stereocenters. The largest absolute Gasteiger partial charge is 0.456 e. The summed E-state index contributed by atoms with van der Waals surface area (Å²) in [6.07, 6.45) is 0. The van der Waals surface area contributed by atoms with E-state index in [0.717, 1.165) is 38.7 Å². The molecule has 0 amide bonds. The minimum Gasteiger partial charge on any atom is -0.456 e. The minimum atomic E-state index is 0.905. The lowest BCUT2D eigenvalue weighted by molar-refractivity contribution is 0.669. The number of furan rings is 2. The van der Waals surface area contributed by atoms with Crippen LogP contribution in [-0.4, -0.2) is 0 Å². The molecule has 11 aromatic rings. The van der Waals surface area contributed by atoms with Gasteiger partial charge in [0.05, 0.1) is 0 Å². The molecule has 2 aromatic heterocycles. The number of benzene rings is 9. The summed E-state index contributed by atoms with van der Waals surface area (Å²) in [5.41, 5.74) is 8.55. The molecular formula is C44H24O2. The molecule has 0 N–H and O–H groups in total. The lowest BCUT2D eigenvalue weighted by Crippen LogP contribution is -1.91. The van der Waals surface area contributed by atoms with E-state index in [-0.39, 0.29) is 0 Å². The fourth-order valence-corrected chi connectivity index (χ4v) is 8.01. The third kappa shape index (κ3) is 3.15. The van der Waals surface area contributed by atoms with E-state index in [9.17, 15) is 0 Å². The van der Waals surface area contributed by atoms with Gasteiger partial charge in [-0.25, -0.2) is 0 Å². The van der Waals surface area contributed by atoms with Gasteiger partial charge >= 0.3 is 0 Å². The third-order valence-corrected chi connectivity index (χ3v) is 9.99. The van der Waals surface area contributed by atoms with Crippen molar-refractivity contribution in [1.82, 2.24) is 0 Å². The summed E-state index contributed by atoms with van der Waals surface area (Å²) in [4.78, 5) is 0. The Morgan fingerprint density at radius 3 is 1.70 bits per heavy atom. The van der Waals surface area contributed by atoms with E-state index in [1.165, 1.54) is 70.6 Å². The van der Waals surface area contributed by atoms with Gasteiger partial charge in [-0.1, -0.05) is 103 Å². The number of hydrogen-bond acceptors (Lipinski definition) is 2. The van der Waals surface area contributed by atoms with Gasteiger partial charge in [0, 0.05) is 21.5 Å². The molecule has 0 bridgehead atoms. The van der Waals surface area contributed by atoms with Crippen molar-refractivity contribution >= 4 is 87.0 Å². The predicted octanol–water partition coefficient (Wildman–Crippen LogP) is 12.9. The maximum Gasteiger partial charge on any atom is 0.136 e. The van der Waals surface area contributed by atoms with Crippen LogP contribution in [0, 0.1) is 0 Å². The highest BCUT2D eigenvalue weighted by molar-refractivity contribution is 6.29. The molecule has 0 spiro atoms. The first-order chi connectivity index (χ1) is 22.8. The molecule has 0 fully saturated rings. The molecule has 212 valence electrons. The van der Waals surface area contributed by atoms with E-state index >= 15 is 0 Å². The predicted molar refractivity (Wildman–Crippen MR) is 193 cm³/mol. The molecule has 11 rings (SSSR count). The van der Waals surface area contributed by atoms with Gasteiger partial charge in [-0.2, -0.15) is 0 Å². The van der Waals surface area contributed by atoms with Gasteiger partial charge in [0.25, 0.3) is 0 Å². The van der Waals surface area contributed by atoms with Crippen LogP contribution in [0.25, 0.3) is 109 Å². The van der Waals surface area contributed by atoms with Crippen LogP contribution in [0.4, 0.5) is 0 Å². The molecule has 46 heavy (non-hydrogen) atoms. The normalized spacial score (nSPS) is 12.3. The first kappa shape index (κ1) is 24.2. The smallest absolute Gasteiger partial charge is 0.136 e. The van der Waals surface area contributed by atoms with Crippen molar-refractivity contribution in [2.24, 2.45) is 0 Å². The van der Waals surface area contributed by atoms with Crippen molar-refractivity contribution in [3.8, 4) is 22.3 Å². The summed E-state index contributed by atoms with van der Waals surface area (Å²) in [6.45, 7) is 0. The van der Waals surface area contributed by atoms with Crippen LogP contribution in [-0.2, 0) is 0 Å². The highest BCUT2D eigenvalue weighted by atomic mass is 16.3. The van der Waals surface area contributed by atoms with Gasteiger partial charge in [-0.15, -0.1) is 0 Å². The van der Waals surface area contributed by atoms with Crippen LogP contribution in [0.5, 0.6) is 0 Å². The number of rotatable bonds is 2. The molecule has 0 aliphatic rings. The minimum absolute atomic E-state index is 0.905. The van der Waals surface area contributed by atoms with Crippen LogP contribution in [0.3, 0.4) is 0 Å². The maximum absolute atomic E-state index is 6.53. The van der Waals surface area contributed by atoms with Gasteiger partial charge in [0.2, 0.25) is 0 Å². The van der Waals surface area contributed by atoms with E-state index in [4.69, 9.17) is 8.83 Å². The van der Waals surface area contributed by atoms with Crippen LogP contribution in [0.2, 0.25) is 0 Å². The number of fused-ring (bicyclic) bond motifs is 6. The van der Waals surface area contributed by atoms with Crippen LogP contribution >= 0.6 is 0 Å². The zero-order valence-electron chi connectivity index (χ0n) is 24.7. The molecule has 0 atom stereocenters. The zero-order valence-corrected chi connectivity index (χ0v) is 24.7. The fraction of sp³-hybridized carbons (Fsp3) is 0. The van der Waals surface area contributed by atoms with Crippen molar-refractivity contribution in [3.63, 3.8) is 0 Å². The Labute approximate surface area is 263 Å². The summed E-state index contributed by atoms with van der Waals surface area (Å²) in [5.74, 6) is 0. The van der Waals surface area contributed by atoms with Crippen molar-refractivity contribution < 1.29 is 8.83 Å². The highest BCUT2D eigenvalue weighted by Gasteiger charge is 2.21. The van der Waals surface area contributed by atoms with Crippen LogP contribution in [0.15, 0.2) is 154 Å². The molecule has 0 saturated heterocycles. The molecule has 0 aliphatic heterocycles. The topological polar surface area (TPSA) is 26.3 Å². The van der Waals surface area contributed by atoms with E-state index in [1.54, 1.807) is 0 Å². The molecule has 9 aromatic carbocycles. The molecule has 2 heteroatoms. The highest BCUT2D eigenvalue weighted by Crippen LogP contribution is 2.48. The molecule has 0 saturated carbocycles. The van der Waals surface area contributed by atoms with Gasteiger partial charge in [-0.05, 0) is 108 Å². The quantitative estimate of drug-likeness (QED) is 0.149. The monoisotopic (exact) mass is 584 g/mol. The molecule has 2 heterocycles. The number of hydrogen-bond donors (Lipinski definition) is 0. The Hall–Kier alpha value is -6.12. The van der Waals surface area contributed by atoms with Crippen molar-refractivity contribution in [2.75, 3.05) is 0 Å². The average Bonchev–Trinajstić information content (AvgIpc) is 3.67. The second-order valence-electron chi connectivity index (χ2n) is 12.4. The maximum atomic E-state index is 6.53. The summed E-state index contributed by atoms with van der Waals surface area (Å²) in [6, 6.07) is 52.5.